The molecule has 0 aliphatic carbocycles. The number of aromatic nitrogens is 4. The standard InChI is InChI=1S/C25H31N5O3/c1-4-5-10-23(31)30(22(25(32)33)15-17(2)3)16-18-11-13-19(14-12-18)20-8-6-7-9-21(20)24-26-28-29-27-24/h6-9,11-14,17,22H,4-5,10,15-16H2,1-3H3,(H,32,33)(H,26,27,28,29). The molecule has 0 saturated carbocycles. The average Bonchev–Trinajstić information content (AvgIpc) is 3.35. The maximum atomic E-state index is 12.9. The van der Waals surface area contributed by atoms with E-state index in [9.17, 15) is 14.7 Å². The number of H-pyrrole nitrogens is 1. The number of carboxylic acids is 1. The molecule has 0 saturated heterocycles. The molecule has 0 aliphatic heterocycles. The van der Waals surface area contributed by atoms with E-state index in [-0.39, 0.29) is 18.4 Å². The summed E-state index contributed by atoms with van der Waals surface area (Å²) in [6.07, 6.45) is 2.41. The SMILES string of the molecule is CCCCC(=O)N(Cc1ccc(-c2ccccc2-c2nn[nH]n2)cc1)C(CC(C)C)C(=O)O. The molecule has 1 heterocycles. The monoisotopic (exact) mass is 449 g/mol. The molecule has 0 radical (unpaired) electrons. The van der Waals surface area contributed by atoms with E-state index < -0.39 is 12.0 Å². The predicted molar refractivity (Wildman–Crippen MR) is 126 cm³/mol. The van der Waals surface area contributed by atoms with Gasteiger partial charge < -0.3 is 10.0 Å². The smallest absolute Gasteiger partial charge is 0.326 e. The number of rotatable bonds is 11. The average molecular weight is 450 g/mol. The topological polar surface area (TPSA) is 112 Å². The van der Waals surface area contributed by atoms with Crippen molar-refractivity contribution in [1.82, 2.24) is 25.5 Å². The van der Waals surface area contributed by atoms with Gasteiger partial charge in [0.2, 0.25) is 11.7 Å². The fraction of sp³-hybridized carbons (Fsp3) is 0.400. The van der Waals surface area contributed by atoms with Gasteiger partial charge in [-0.15, -0.1) is 10.2 Å². The quantitative estimate of drug-likeness (QED) is 0.444. The van der Waals surface area contributed by atoms with Crippen LogP contribution in [-0.2, 0) is 16.1 Å². The lowest BCUT2D eigenvalue weighted by Gasteiger charge is -2.30. The van der Waals surface area contributed by atoms with Crippen LogP contribution in [0.4, 0.5) is 0 Å². The van der Waals surface area contributed by atoms with E-state index in [4.69, 9.17) is 0 Å². The summed E-state index contributed by atoms with van der Waals surface area (Å²) in [5.74, 6) is -0.396. The Labute approximate surface area is 194 Å². The molecule has 2 N–H and O–H groups in total. The molecule has 0 spiro atoms. The predicted octanol–water partition coefficient (Wildman–Crippen LogP) is 4.55. The Kier molecular flexibility index (Phi) is 8.29. The largest absolute Gasteiger partial charge is 0.480 e. The molecule has 1 atom stereocenters. The Morgan fingerprint density at radius 2 is 1.76 bits per heavy atom. The van der Waals surface area contributed by atoms with Gasteiger partial charge in [0.1, 0.15) is 6.04 Å². The lowest BCUT2D eigenvalue weighted by atomic mass is 9.97. The zero-order valence-corrected chi connectivity index (χ0v) is 19.4. The molecule has 0 aliphatic rings. The Morgan fingerprint density at radius 1 is 1.06 bits per heavy atom. The van der Waals surface area contributed by atoms with Crippen LogP contribution in [0.15, 0.2) is 48.5 Å². The normalized spacial score (nSPS) is 12.0. The molecule has 8 heteroatoms. The molecule has 1 amide bonds. The minimum atomic E-state index is -0.959. The first-order valence-corrected chi connectivity index (χ1v) is 11.3. The minimum absolute atomic E-state index is 0.114. The number of hydrogen-bond donors (Lipinski definition) is 2. The summed E-state index contributed by atoms with van der Waals surface area (Å²) < 4.78 is 0. The summed E-state index contributed by atoms with van der Waals surface area (Å²) in [6, 6.07) is 14.8. The van der Waals surface area contributed by atoms with Gasteiger partial charge in [-0.2, -0.15) is 5.21 Å². The van der Waals surface area contributed by atoms with Gasteiger partial charge in [0.05, 0.1) is 0 Å². The number of unbranched alkanes of at least 4 members (excludes halogenated alkanes) is 1. The highest BCUT2D eigenvalue weighted by Gasteiger charge is 2.30. The number of nitrogens with zero attached hydrogens (tertiary/aromatic N) is 4. The maximum absolute atomic E-state index is 12.9. The van der Waals surface area contributed by atoms with Crippen molar-refractivity contribution in [3.05, 3.63) is 54.1 Å². The van der Waals surface area contributed by atoms with Crippen LogP contribution in [0.1, 0.15) is 52.0 Å². The number of carbonyl (C=O) groups excluding carboxylic acids is 1. The van der Waals surface area contributed by atoms with Crippen molar-refractivity contribution < 1.29 is 14.7 Å². The van der Waals surface area contributed by atoms with Gasteiger partial charge in [0.15, 0.2) is 0 Å². The molecule has 1 unspecified atom stereocenters. The van der Waals surface area contributed by atoms with Crippen molar-refractivity contribution in [3.63, 3.8) is 0 Å². The number of aromatic amines is 1. The minimum Gasteiger partial charge on any atom is -0.480 e. The van der Waals surface area contributed by atoms with E-state index in [1.165, 1.54) is 4.90 Å². The summed E-state index contributed by atoms with van der Waals surface area (Å²) in [7, 11) is 0. The molecule has 174 valence electrons. The Balaban J connectivity index is 1.86. The Bertz CT molecular complexity index is 1050. The van der Waals surface area contributed by atoms with Gasteiger partial charge in [-0.1, -0.05) is 75.7 Å². The fourth-order valence-electron chi connectivity index (χ4n) is 3.84. The summed E-state index contributed by atoms with van der Waals surface area (Å²) >= 11 is 0. The van der Waals surface area contributed by atoms with Crippen molar-refractivity contribution in [2.45, 2.75) is 59.0 Å². The first kappa shape index (κ1) is 24.1. The zero-order chi connectivity index (χ0) is 23.8. The summed E-state index contributed by atoms with van der Waals surface area (Å²) in [4.78, 5) is 26.5. The third-order valence-corrected chi connectivity index (χ3v) is 5.55. The van der Waals surface area contributed by atoms with Gasteiger partial charge in [-0.3, -0.25) is 4.79 Å². The van der Waals surface area contributed by atoms with E-state index in [1.807, 2.05) is 69.3 Å². The molecular formula is C25H31N5O3. The van der Waals surface area contributed by atoms with Crippen LogP contribution < -0.4 is 0 Å². The van der Waals surface area contributed by atoms with Crippen LogP contribution >= 0.6 is 0 Å². The molecule has 3 aromatic rings. The Hall–Kier alpha value is -3.55. The van der Waals surface area contributed by atoms with Crippen molar-refractivity contribution in [3.8, 4) is 22.5 Å². The van der Waals surface area contributed by atoms with Crippen LogP contribution in [0.2, 0.25) is 0 Å². The highest BCUT2D eigenvalue weighted by molar-refractivity contribution is 5.84. The van der Waals surface area contributed by atoms with E-state index >= 15 is 0 Å². The van der Waals surface area contributed by atoms with Crippen LogP contribution in [0, 0.1) is 5.92 Å². The number of hydrogen-bond acceptors (Lipinski definition) is 5. The lowest BCUT2D eigenvalue weighted by molar-refractivity contribution is -0.151. The van der Waals surface area contributed by atoms with Crippen molar-refractivity contribution >= 4 is 11.9 Å². The van der Waals surface area contributed by atoms with Gasteiger partial charge in [0.25, 0.3) is 0 Å². The maximum Gasteiger partial charge on any atom is 0.326 e. The van der Waals surface area contributed by atoms with Crippen molar-refractivity contribution in [2.75, 3.05) is 0 Å². The third-order valence-electron chi connectivity index (χ3n) is 5.55. The molecule has 2 aromatic carbocycles. The highest BCUT2D eigenvalue weighted by atomic mass is 16.4. The highest BCUT2D eigenvalue weighted by Crippen LogP contribution is 2.30. The Morgan fingerprint density at radius 3 is 2.33 bits per heavy atom. The van der Waals surface area contributed by atoms with Crippen LogP contribution in [-0.4, -0.2) is 48.5 Å². The van der Waals surface area contributed by atoms with Crippen LogP contribution in [0.3, 0.4) is 0 Å². The number of aliphatic carboxylic acids is 1. The molecule has 1 aromatic heterocycles. The van der Waals surface area contributed by atoms with E-state index in [0.29, 0.717) is 18.7 Å². The molecule has 0 fully saturated rings. The van der Waals surface area contributed by atoms with E-state index in [1.54, 1.807) is 0 Å². The van der Waals surface area contributed by atoms with E-state index in [0.717, 1.165) is 35.1 Å². The van der Waals surface area contributed by atoms with Gasteiger partial charge in [0, 0.05) is 18.5 Å². The second kappa shape index (κ2) is 11.4. The first-order valence-electron chi connectivity index (χ1n) is 11.3. The molecular weight excluding hydrogens is 418 g/mol. The molecule has 33 heavy (non-hydrogen) atoms. The van der Waals surface area contributed by atoms with Crippen LogP contribution in [0.5, 0.6) is 0 Å². The second-order valence-corrected chi connectivity index (χ2v) is 8.59. The molecule has 8 nitrogen and oxygen atoms in total. The third kappa shape index (κ3) is 6.25. The van der Waals surface area contributed by atoms with Crippen molar-refractivity contribution in [1.29, 1.82) is 0 Å². The molecule has 3 rings (SSSR count). The fourth-order valence-corrected chi connectivity index (χ4v) is 3.84. The lowest BCUT2D eigenvalue weighted by Crippen LogP contribution is -2.45. The second-order valence-electron chi connectivity index (χ2n) is 8.59. The number of carboxylic acid groups (broad SMARTS) is 1. The molecule has 0 bridgehead atoms. The van der Waals surface area contributed by atoms with Crippen molar-refractivity contribution in [2.24, 2.45) is 5.92 Å². The number of amides is 1. The number of benzene rings is 2. The number of nitrogens with one attached hydrogen (secondary N) is 1. The summed E-state index contributed by atoms with van der Waals surface area (Å²) in [5.41, 5.74) is 3.68. The number of tetrazole rings is 1. The van der Waals surface area contributed by atoms with Gasteiger partial charge in [-0.05, 0) is 40.7 Å². The summed E-state index contributed by atoms with van der Waals surface area (Å²) in [6.45, 7) is 6.23. The number of carbonyl (C=O) groups is 2. The van der Waals surface area contributed by atoms with E-state index in [2.05, 4.69) is 20.6 Å². The first-order chi connectivity index (χ1) is 15.9. The van der Waals surface area contributed by atoms with Gasteiger partial charge >= 0.3 is 5.97 Å². The summed E-state index contributed by atoms with van der Waals surface area (Å²) in [5, 5.41) is 24.1. The van der Waals surface area contributed by atoms with Crippen LogP contribution in [0.25, 0.3) is 22.5 Å². The van der Waals surface area contributed by atoms with Gasteiger partial charge in [-0.25, -0.2) is 4.79 Å². The zero-order valence-electron chi connectivity index (χ0n) is 19.4.